The van der Waals surface area contributed by atoms with Crippen molar-refractivity contribution in [1.82, 2.24) is 4.98 Å². The highest BCUT2D eigenvalue weighted by Crippen LogP contribution is 2.25. The first-order valence-corrected chi connectivity index (χ1v) is 5.53. The number of aromatic nitrogens is 1. The summed E-state index contributed by atoms with van der Waals surface area (Å²) in [5.74, 6) is 0.527. The Morgan fingerprint density at radius 3 is 2.75 bits per heavy atom. The van der Waals surface area contributed by atoms with Crippen LogP contribution in [0.15, 0.2) is 18.5 Å². The summed E-state index contributed by atoms with van der Waals surface area (Å²) in [4.78, 5) is 4.02. The molecule has 0 saturated carbocycles. The molecule has 0 aliphatic heterocycles. The minimum atomic E-state index is 0.266. The largest absolute Gasteiger partial charge is 0.382 e. The molecule has 1 heterocycles. The van der Waals surface area contributed by atoms with E-state index in [1.54, 1.807) is 18.5 Å². The lowest BCUT2D eigenvalue weighted by Crippen LogP contribution is -2.25. The first-order valence-electron chi connectivity index (χ1n) is 5.53. The Hall–Kier alpha value is -1.56. The summed E-state index contributed by atoms with van der Waals surface area (Å²) in [5.41, 5.74) is 1.74. The van der Waals surface area contributed by atoms with Crippen molar-refractivity contribution in [2.24, 2.45) is 11.3 Å². The number of nitriles is 1. The molecular formula is C13H19N3. The smallest absolute Gasteiger partial charge is 0.101 e. The van der Waals surface area contributed by atoms with Crippen LogP contribution in [0.1, 0.15) is 33.3 Å². The summed E-state index contributed by atoms with van der Waals surface area (Å²) in [5, 5.41) is 12.2. The van der Waals surface area contributed by atoms with Crippen LogP contribution in [-0.2, 0) is 0 Å². The number of rotatable bonds is 3. The van der Waals surface area contributed by atoms with Gasteiger partial charge in [0.05, 0.1) is 17.4 Å². The minimum Gasteiger partial charge on any atom is -0.382 e. The van der Waals surface area contributed by atoms with Crippen molar-refractivity contribution in [2.75, 3.05) is 11.9 Å². The molecule has 0 aliphatic rings. The Bertz CT molecular complexity index is 385. The number of hydrogen-bond acceptors (Lipinski definition) is 3. The Labute approximate surface area is 97.5 Å². The zero-order chi connectivity index (χ0) is 12.2. The average Bonchev–Trinajstić information content (AvgIpc) is 2.24. The molecule has 3 nitrogen and oxygen atoms in total. The number of pyridine rings is 1. The number of nitrogens with one attached hydrogen (secondary N) is 1. The summed E-state index contributed by atoms with van der Waals surface area (Å²) >= 11 is 0. The lowest BCUT2D eigenvalue weighted by atomic mass is 9.82. The number of hydrogen-bond donors (Lipinski definition) is 1. The van der Waals surface area contributed by atoms with Gasteiger partial charge in [-0.25, -0.2) is 0 Å². The zero-order valence-electron chi connectivity index (χ0n) is 10.4. The van der Waals surface area contributed by atoms with E-state index in [9.17, 15) is 0 Å². The summed E-state index contributed by atoms with van der Waals surface area (Å²) < 4.78 is 0. The molecule has 1 rings (SSSR count). The molecule has 1 unspecified atom stereocenters. The van der Waals surface area contributed by atoms with E-state index in [-0.39, 0.29) is 5.41 Å². The molecule has 1 atom stereocenters. The van der Waals surface area contributed by atoms with Crippen LogP contribution in [0, 0.1) is 22.7 Å². The van der Waals surface area contributed by atoms with Crippen molar-refractivity contribution in [3.8, 4) is 6.07 Å². The fraction of sp³-hybridized carbons (Fsp3) is 0.538. The van der Waals surface area contributed by atoms with Gasteiger partial charge in [0.15, 0.2) is 0 Å². The molecule has 0 aromatic carbocycles. The fourth-order valence-electron chi connectivity index (χ4n) is 1.20. The second kappa shape index (κ2) is 4.98. The number of anilines is 1. The van der Waals surface area contributed by atoms with Gasteiger partial charge in [-0.1, -0.05) is 27.7 Å². The Balaban J connectivity index is 2.66. The highest BCUT2D eigenvalue weighted by atomic mass is 14.9. The lowest BCUT2D eigenvalue weighted by Gasteiger charge is -2.27. The van der Waals surface area contributed by atoms with E-state index in [4.69, 9.17) is 5.26 Å². The van der Waals surface area contributed by atoms with Crippen LogP contribution in [-0.4, -0.2) is 11.5 Å². The molecule has 0 spiro atoms. The molecule has 0 saturated heterocycles. The fourth-order valence-corrected chi connectivity index (χ4v) is 1.20. The molecule has 0 bridgehead atoms. The third-order valence-electron chi connectivity index (χ3n) is 3.02. The Morgan fingerprint density at radius 1 is 1.50 bits per heavy atom. The normalized spacial score (nSPS) is 12.9. The quantitative estimate of drug-likeness (QED) is 0.846. The van der Waals surface area contributed by atoms with Gasteiger partial charge in [0.2, 0.25) is 0 Å². The molecule has 1 aromatic heterocycles. The van der Waals surface area contributed by atoms with E-state index in [2.05, 4.69) is 44.1 Å². The summed E-state index contributed by atoms with van der Waals surface area (Å²) in [7, 11) is 0. The minimum absolute atomic E-state index is 0.266. The third kappa shape index (κ3) is 3.23. The predicted molar refractivity (Wildman–Crippen MR) is 66.1 cm³/mol. The van der Waals surface area contributed by atoms with Crippen molar-refractivity contribution in [2.45, 2.75) is 27.7 Å². The second-order valence-electron chi connectivity index (χ2n) is 5.18. The first kappa shape index (κ1) is 12.5. The molecule has 0 amide bonds. The van der Waals surface area contributed by atoms with Crippen molar-refractivity contribution >= 4 is 5.69 Å². The van der Waals surface area contributed by atoms with Crippen molar-refractivity contribution in [1.29, 1.82) is 5.26 Å². The van der Waals surface area contributed by atoms with Crippen molar-refractivity contribution in [3.05, 3.63) is 24.0 Å². The van der Waals surface area contributed by atoms with Gasteiger partial charge in [-0.2, -0.15) is 5.26 Å². The van der Waals surface area contributed by atoms with Gasteiger partial charge in [0.1, 0.15) is 6.07 Å². The van der Waals surface area contributed by atoms with E-state index in [1.165, 1.54) is 0 Å². The maximum Gasteiger partial charge on any atom is 0.101 e. The van der Waals surface area contributed by atoms with Crippen molar-refractivity contribution < 1.29 is 0 Å². The summed E-state index contributed by atoms with van der Waals surface area (Å²) in [6.07, 6.45) is 3.34. The van der Waals surface area contributed by atoms with Gasteiger partial charge in [0.25, 0.3) is 0 Å². The van der Waals surface area contributed by atoms with E-state index in [0.717, 1.165) is 12.2 Å². The SMILES string of the molecule is CC(CNc1cnccc1C#N)C(C)(C)C. The standard InChI is InChI=1S/C13H19N3/c1-10(13(2,3)4)8-16-12-9-15-6-5-11(12)7-14/h5-6,9-10,16H,8H2,1-4H3. The van der Waals surface area contributed by atoms with Gasteiger partial charge < -0.3 is 5.32 Å². The van der Waals surface area contributed by atoms with E-state index >= 15 is 0 Å². The number of nitrogens with zero attached hydrogens (tertiary/aromatic N) is 2. The van der Waals surface area contributed by atoms with Crippen LogP contribution < -0.4 is 5.32 Å². The van der Waals surface area contributed by atoms with Crippen LogP contribution in [0.3, 0.4) is 0 Å². The lowest BCUT2D eigenvalue weighted by molar-refractivity contribution is 0.274. The maximum atomic E-state index is 8.93. The van der Waals surface area contributed by atoms with Crippen LogP contribution in [0.5, 0.6) is 0 Å². The summed E-state index contributed by atoms with van der Waals surface area (Å²) in [6.45, 7) is 9.70. The molecule has 0 aliphatic carbocycles. The van der Waals surface area contributed by atoms with Crippen LogP contribution in [0.2, 0.25) is 0 Å². The molecule has 0 radical (unpaired) electrons. The van der Waals surface area contributed by atoms with Crippen molar-refractivity contribution in [3.63, 3.8) is 0 Å². The third-order valence-corrected chi connectivity index (χ3v) is 3.02. The van der Waals surface area contributed by atoms with Crippen LogP contribution >= 0.6 is 0 Å². The van der Waals surface area contributed by atoms with Gasteiger partial charge in [-0.05, 0) is 17.4 Å². The van der Waals surface area contributed by atoms with Gasteiger partial charge in [0, 0.05) is 12.7 Å². The van der Waals surface area contributed by atoms with E-state index in [1.807, 2.05) is 0 Å². The van der Waals surface area contributed by atoms with E-state index in [0.29, 0.717) is 11.5 Å². The topological polar surface area (TPSA) is 48.7 Å². The molecule has 1 N–H and O–H groups in total. The van der Waals surface area contributed by atoms with Gasteiger partial charge >= 0.3 is 0 Å². The maximum absolute atomic E-state index is 8.93. The molecule has 16 heavy (non-hydrogen) atoms. The second-order valence-corrected chi connectivity index (χ2v) is 5.18. The van der Waals surface area contributed by atoms with E-state index < -0.39 is 0 Å². The summed E-state index contributed by atoms with van der Waals surface area (Å²) in [6, 6.07) is 3.88. The van der Waals surface area contributed by atoms with Crippen LogP contribution in [0.25, 0.3) is 0 Å². The molecule has 3 heteroatoms. The highest BCUT2D eigenvalue weighted by molar-refractivity contribution is 5.55. The van der Waals surface area contributed by atoms with Gasteiger partial charge in [-0.3, -0.25) is 4.98 Å². The molecule has 1 aromatic rings. The molecule has 0 fully saturated rings. The van der Waals surface area contributed by atoms with Gasteiger partial charge in [-0.15, -0.1) is 0 Å². The Kier molecular flexibility index (Phi) is 3.89. The Morgan fingerprint density at radius 2 is 2.19 bits per heavy atom. The zero-order valence-corrected chi connectivity index (χ0v) is 10.4. The molecule has 86 valence electrons. The predicted octanol–water partition coefficient (Wildman–Crippen LogP) is 3.05. The molecular weight excluding hydrogens is 198 g/mol. The average molecular weight is 217 g/mol. The first-order chi connectivity index (χ1) is 7.45. The van der Waals surface area contributed by atoms with Crippen LogP contribution in [0.4, 0.5) is 5.69 Å². The highest BCUT2D eigenvalue weighted by Gasteiger charge is 2.19. The monoisotopic (exact) mass is 217 g/mol.